The Bertz CT molecular complexity index is 1190. The molecule has 0 saturated carbocycles. The molecule has 34 heavy (non-hydrogen) atoms. The van der Waals surface area contributed by atoms with Crippen LogP contribution in [0.3, 0.4) is 0 Å². The highest BCUT2D eigenvalue weighted by Gasteiger charge is 2.15. The number of amides is 1. The van der Waals surface area contributed by atoms with Crippen LogP contribution in [-0.2, 0) is 4.79 Å². The van der Waals surface area contributed by atoms with Gasteiger partial charge in [-0.1, -0.05) is 23.9 Å². The van der Waals surface area contributed by atoms with E-state index in [-0.39, 0.29) is 5.91 Å². The van der Waals surface area contributed by atoms with Gasteiger partial charge in [0.2, 0.25) is 5.91 Å². The highest BCUT2D eigenvalue weighted by molar-refractivity contribution is 9.10. The number of nitrogens with zero attached hydrogens (tertiary/aromatic N) is 1. The first-order valence-electron chi connectivity index (χ1n) is 10.6. The van der Waals surface area contributed by atoms with Crippen molar-refractivity contribution in [2.75, 3.05) is 25.3 Å². The van der Waals surface area contributed by atoms with Gasteiger partial charge in [0, 0.05) is 27.8 Å². The molecule has 0 aliphatic heterocycles. The van der Waals surface area contributed by atoms with Gasteiger partial charge in [0.25, 0.3) is 0 Å². The molecule has 0 fully saturated rings. The maximum absolute atomic E-state index is 12.4. The summed E-state index contributed by atoms with van der Waals surface area (Å²) in [6, 6.07) is 23.2. The Labute approximate surface area is 211 Å². The number of benzene rings is 3. The number of anilines is 1. The van der Waals surface area contributed by atoms with E-state index in [2.05, 4.69) is 26.2 Å². The number of carbonyl (C=O) groups is 1. The molecule has 0 atom stereocenters. The topological polar surface area (TPSA) is 76.2 Å². The minimum Gasteiger partial charge on any atom is -0.497 e. The van der Waals surface area contributed by atoms with E-state index in [0.29, 0.717) is 12.2 Å². The molecule has 2 N–H and O–H groups in total. The maximum Gasteiger partial charge on any atom is 0.225 e. The molecule has 0 spiro atoms. The average molecular weight is 538 g/mol. The van der Waals surface area contributed by atoms with E-state index in [1.807, 2.05) is 72.8 Å². The van der Waals surface area contributed by atoms with Crippen LogP contribution in [0.25, 0.3) is 22.5 Å². The third-order valence-electron chi connectivity index (χ3n) is 5.14. The van der Waals surface area contributed by atoms with Gasteiger partial charge in [-0.3, -0.25) is 4.79 Å². The molecule has 0 radical (unpaired) electrons. The number of thioether (sulfide) groups is 1. The quantitative estimate of drug-likeness (QED) is 0.234. The molecule has 1 aromatic heterocycles. The third-order valence-corrected chi connectivity index (χ3v) is 6.71. The summed E-state index contributed by atoms with van der Waals surface area (Å²) in [5.74, 6) is 2.13. The molecule has 3 aromatic carbocycles. The van der Waals surface area contributed by atoms with Crippen LogP contribution in [0.2, 0.25) is 0 Å². The zero-order chi connectivity index (χ0) is 23.9. The van der Waals surface area contributed by atoms with E-state index >= 15 is 0 Å². The largest absolute Gasteiger partial charge is 0.497 e. The van der Waals surface area contributed by atoms with Crippen molar-refractivity contribution in [3.05, 3.63) is 77.3 Å². The first-order chi connectivity index (χ1) is 16.6. The molecule has 0 saturated heterocycles. The fourth-order valence-corrected chi connectivity index (χ4v) is 4.55. The predicted octanol–water partition coefficient (Wildman–Crippen LogP) is 6.64. The Hall–Kier alpha value is -3.23. The Morgan fingerprint density at radius 1 is 0.941 bits per heavy atom. The van der Waals surface area contributed by atoms with Crippen molar-refractivity contribution in [1.29, 1.82) is 0 Å². The lowest BCUT2D eigenvalue weighted by Gasteiger charge is -2.06. The first kappa shape index (κ1) is 23.9. The van der Waals surface area contributed by atoms with Crippen molar-refractivity contribution in [3.63, 3.8) is 0 Å². The second-order valence-corrected chi connectivity index (χ2v) is 9.29. The highest BCUT2D eigenvalue weighted by atomic mass is 79.9. The van der Waals surface area contributed by atoms with Gasteiger partial charge in [0.1, 0.15) is 11.5 Å². The van der Waals surface area contributed by atoms with Crippen molar-refractivity contribution in [2.45, 2.75) is 11.6 Å². The van der Waals surface area contributed by atoms with Crippen molar-refractivity contribution >= 4 is 39.3 Å². The van der Waals surface area contributed by atoms with Crippen molar-refractivity contribution in [1.82, 2.24) is 9.97 Å². The minimum atomic E-state index is -0.0447. The summed E-state index contributed by atoms with van der Waals surface area (Å²) in [6.45, 7) is 0. The number of halogens is 1. The van der Waals surface area contributed by atoms with Crippen LogP contribution >= 0.6 is 27.7 Å². The second kappa shape index (κ2) is 11.3. The third kappa shape index (κ3) is 5.81. The Morgan fingerprint density at radius 3 is 2.18 bits per heavy atom. The number of methoxy groups -OCH3 is 2. The number of ether oxygens (including phenoxy) is 2. The van der Waals surface area contributed by atoms with Gasteiger partial charge in [-0.25, -0.2) is 4.98 Å². The smallest absolute Gasteiger partial charge is 0.225 e. The minimum absolute atomic E-state index is 0.0447. The molecule has 0 unspecified atom stereocenters. The number of carbonyl (C=O) groups excluding carboxylic acids is 1. The number of H-pyrrole nitrogens is 1. The highest BCUT2D eigenvalue weighted by Crippen LogP contribution is 2.34. The molecule has 6 nitrogen and oxygen atoms in total. The first-order valence-corrected chi connectivity index (χ1v) is 12.4. The van der Waals surface area contributed by atoms with Crippen LogP contribution in [-0.4, -0.2) is 35.8 Å². The summed E-state index contributed by atoms with van der Waals surface area (Å²) in [5, 5.41) is 3.69. The van der Waals surface area contributed by atoms with Crippen LogP contribution in [0.5, 0.6) is 11.5 Å². The maximum atomic E-state index is 12.4. The number of aromatic nitrogens is 2. The lowest BCUT2D eigenvalue weighted by atomic mass is 10.0. The average Bonchev–Trinajstić information content (AvgIpc) is 3.29. The summed E-state index contributed by atoms with van der Waals surface area (Å²) in [7, 11) is 3.29. The van der Waals surface area contributed by atoms with Crippen molar-refractivity contribution in [3.8, 4) is 34.0 Å². The number of imidazole rings is 1. The summed E-state index contributed by atoms with van der Waals surface area (Å²) in [5.41, 5.74) is 4.49. The number of hydrogen-bond acceptors (Lipinski definition) is 5. The molecule has 0 bridgehead atoms. The molecular formula is C26H24BrN3O3S. The van der Waals surface area contributed by atoms with Gasteiger partial charge in [0.15, 0.2) is 5.16 Å². The Kier molecular flexibility index (Phi) is 7.92. The van der Waals surface area contributed by atoms with Gasteiger partial charge >= 0.3 is 0 Å². The van der Waals surface area contributed by atoms with Gasteiger partial charge in [-0.05, 0) is 76.6 Å². The molecular weight excluding hydrogens is 514 g/mol. The standard InChI is InChI=1S/C26H24BrN3O3S/c1-32-19-11-7-17(8-12-19)24-25(18-9-13-20(33-2)14-10-18)30-26(29-24)34-16-15-23(31)28-22-6-4-3-5-21(22)27/h3-14H,15-16H2,1-2H3,(H,28,31)(H,29,30). The molecule has 1 heterocycles. The number of para-hydroxylation sites is 1. The normalized spacial score (nSPS) is 10.7. The SMILES string of the molecule is COc1ccc(-c2nc(SCCC(=O)Nc3ccccc3Br)[nH]c2-c2ccc(OC)cc2)cc1. The predicted molar refractivity (Wildman–Crippen MR) is 141 cm³/mol. The van der Waals surface area contributed by atoms with Crippen LogP contribution in [0.4, 0.5) is 5.69 Å². The van der Waals surface area contributed by atoms with Gasteiger partial charge in [0.05, 0.1) is 31.3 Å². The van der Waals surface area contributed by atoms with E-state index in [9.17, 15) is 4.79 Å². The van der Waals surface area contributed by atoms with Crippen molar-refractivity contribution in [2.24, 2.45) is 0 Å². The second-order valence-electron chi connectivity index (χ2n) is 7.35. The van der Waals surface area contributed by atoms with Crippen LogP contribution < -0.4 is 14.8 Å². The number of rotatable bonds is 9. The summed E-state index contributed by atoms with van der Waals surface area (Å²) >= 11 is 4.97. The zero-order valence-electron chi connectivity index (χ0n) is 18.8. The number of nitrogens with one attached hydrogen (secondary N) is 2. The summed E-state index contributed by atoms with van der Waals surface area (Å²) < 4.78 is 11.4. The van der Waals surface area contributed by atoms with E-state index in [0.717, 1.165) is 49.3 Å². The van der Waals surface area contributed by atoms with Gasteiger partial charge in [-0.2, -0.15) is 0 Å². The molecule has 8 heteroatoms. The number of aromatic amines is 1. The molecule has 1 amide bonds. The monoisotopic (exact) mass is 537 g/mol. The van der Waals surface area contributed by atoms with Crippen LogP contribution in [0.15, 0.2) is 82.4 Å². The molecule has 0 aliphatic carbocycles. The van der Waals surface area contributed by atoms with Gasteiger partial charge < -0.3 is 19.8 Å². The molecule has 4 rings (SSSR count). The molecule has 0 aliphatic rings. The summed E-state index contributed by atoms with van der Waals surface area (Å²) in [4.78, 5) is 20.7. The van der Waals surface area contributed by atoms with Crippen LogP contribution in [0, 0.1) is 0 Å². The molecule has 174 valence electrons. The zero-order valence-corrected chi connectivity index (χ0v) is 21.2. The van der Waals surface area contributed by atoms with E-state index in [1.54, 1.807) is 14.2 Å². The van der Waals surface area contributed by atoms with E-state index < -0.39 is 0 Å². The Balaban J connectivity index is 1.51. The van der Waals surface area contributed by atoms with Crippen molar-refractivity contribution < 1.29 is 14.3 Å². The fourth-order valence-electron chi connectivity index (χ4n) is 3.36. The fraction of sp³-hybridized carbons (Fsp3) is 0.154. The van der Waals surface area contributed by atoms with E-state index in [1.165, 1.54) is 11.8 Å². The number of hydrogen-bond donors (Lipinski definition) is 2. The summed E-state index contributed by atoms with van der Waals surface area (Å²) in [6.07, 6.45) is 0.364. The lowest BCUT2D eigenvalue weighted by molar-refractivity contribution is -0.115. The molecule has 4 aromatic rings. The van der Waals surface area contributed by atoms with E-state index in [4.69, 9.17) is 14.5 Å². The Morgan fingerprint density at radius 2 is 1.56 bits per heavy atom. The lowest BCUT2D eigenvalue weighted by Crippen LogP contribution is -2.12. The van der Waals surface area contributed by atoms with Gasteiger partial charge in [-0.15, -0.1) is 0 Å². The van der Waals surface area contributed by atoms with Crippen LogP contribution in [0.1, 0.15) is 6.42 Å².